The van der Waals surface area contributed by atoms with Gasteiger partial charge >= 0.3 is 0 Å². The minimum Gasteiger partial charge on any atom is -0.325 e. The van der Waals surface area contributed by atoms with Crippen LogP contribution >= 0.6 is 24.0 Å². The van der Waals surface area contributed by atoms with Gasteiger partial charge in [-0.1, -0.05) is 55.5 Å². The highest BCUT2D eigenvalue weighted by molar-refractivity contribution is 8.26. The molecule has 2 aliphatic rings. The average Bonchev–Trinajstić information content (AvgIpc) is 3.20. The summed E-state index contributed by atoms with van der Waals surface area (Å²) in [5, 5.41) is 2.66. The number of anilines is 2. The maximum Gasteiger partial charge on any atom is 0.267 e. The molecule has 2 aromatic rings. The van der Waals surface area contributed by atoms with Gasteiger partial charge in [0.15, 0.2) is 0 Å². The second-order valence-electron chi connectivity index (χ2n) is 7.35. The van der Waals surface area contributed by atoms with E-state index in [0.717, 1.165) is 24.6 Å². The molecule has 2 heterocycles. The molecule has 0 unspecified atom stereocenters. The van der Waals surface area contributed by atoms with Crippen LogP contribution in [0.15, 0.2) is 53.4 Å². The normalized spacial score (nSPS) is 17.9. The first-order chi connectivity index (χ1) is 15.4. The number of carbonyl (C=O) groups is 3. The lowest BCUT2D eigenvalue weighted by molar-refractivity contribution is -0.122. The van der Waals surface area contributed by atoms with Crippen LogP contribution in [0.1, 0.15) is 25.3 Å². The molecular formula is C23H20FN3O3S2. The third kappa shape index (κ3) is 4.18. The Labute approximate surface area is 194 Å². The Morgan fingerprint density at radius 1 is 1.06 bits per heavy atom. The second-order valence-corrected chi connectivity index (χ2v) is 8.99. The summed E-state index contributed by atoms with van der Waals surface area (Å²) in [6, 6.07) is 12.4. The number of thiocarbonyl (C=S) groups is 1. The van der Waals surface area contributed by atoms with Crippen LogP contribution in [0.25, 0.3) is 5.57 Å². The molecule has 0 saturated carbocycles. The molecule has 9 heteroatoms. The number of hydrogen-bond acceptors (Lipinski definition) is 5. The number of benzene rings is 2. The van der Waals surface area contributed by atoms with Crippen LogP contribution in [0.3, 0.4) is 0 Å². The van der Waals surface area contributed by atoms with E-state index in [9.17, 15) is 18.8 Å². The van der Waals surface area contributed by atoms with Gasteiger partial charge in [-0.2, -0.15) is 0 Å². The number of carbonyl (C=O) groups excluding carboxylic acids is 3. The Morgan fingerprint density at radius 2 is 1.78 bits per heavy atom. The summed E-state index contributed by atoms with van der Waals surface area (Å²) in [4.78, 5) is 42.2. The first kappa shape index (κ1) is 22.2. The molecule has 3 amide bonds. The first-order valence-corrected chi connectivity index (χ1v) is 11.4. The Kier molecular flexibility index (Phi) is 6.38. The largest absolute Gasteiger partial charge is 0.325 e. The van der Waals surface area contributed by atoms with Crippen molar-refractivity contribution in [3.63, 3.8) is 0 Å². The second kappa shape index (κ2) is 9.22. The van der Waals surface area contributed by atoms with Gasteiger partial charge in [0.1, 0.15) is 16.7 Å². The first-order valence-electron chi connectivity index (χ1n) is 10.1. The van der Waals surface area contributed by atoms with Crippen molar-refractivity contribution in [3.05, 3.63) is 64.8 Å². The molecule has 32 heavy (non-hydrogen) atoms. The zero-order valence-electron chi connectivity index (χ0n) is 17.3. The molecule has 6 nitrogen and oxygen atoms in total. The van der Waals surface area contributed by atoms with Gasteiger partial charge in [0.25, 0.3) is 11.8 Å². The predicted molar refractivity (Wildman–Crippen MR) is 128 cm³/mol. The number of halogens is 1. The number of fused-ring (bicyclic) bond motifs is 1. The van der Waals surface area contributed by atoms with E-state index >= 15 is 0 Å². The van der Waals surface area contributed by atoms with Crippen LogP contribution in [-0.4, -0.2) is 40.0 Å². The van der Waals surface area contributed by atoms with Crippen molar-refractivity contribution in [1.82, 2.24) is 4.90 Å². The van der Waals surface area contributed by atoms with Gasteiger partial charge in [0.05, 0.1) is 16.2 Å². The molecule has 0 atom stereocenters. The summed E-state index contributed by atoms with van der Waals surface area (Å²) in [6.45, 7) is 2.30. The van der Waals surface area contributed by atoms with E-state index in [2.05, 4.69) is 5.32 Å². The van der Waals surface area contributed by atoms with E-state index in [1.807, 2.05) is 6.92 Å². The van der Waals surface area contributed by atoms with Crippen molar-refractivity contribution in [2.24, 2.45) is 0 Å². The SMILES string of the molecule is CCCCN1C(=O)/C(=C2/C(=O)N(CC(=O)Nc3ccc(F)cc3)c3ccccc32)SC1=S. The molecule has 1 N–H and O–H groups in total. The van der Waals surface area contributed by atoms with Crippen LogP contribution in [-0.2, 0) is 14.4 Å². The molecule has 0 radical (unpaired) electrons. The van der Waals surface area contributed by atoms with Crippen LogP contribution in [0.5, 0.6) is 0 Å². The van der Waals surface area contributed by atoms with Crippen molar-refractivity contribution >= 4 is 63.0 Å². The van der Waals surface area contributed by atoms with Crippen LogP contribution in [0.2, 0.25) is 0 Å². The predicted octanol–water partition coefficient (Wildman–Crippen LogP) is 4.18. The highest BCUT2D eigenvalue weighted by Gasteiger charge is 2.42. The number of thioether (sulfide) groups is 1. The molecule has 2 aliphatic heterocycles. The van der Waals surface area contributed by atoms with Crippen molar-refractivity contribution in [1.29, 1.82) is 0 Å². The molecule has 4 rings (SSSR count). The van der Waals surface area contributed by atoms with Gasteiger partial charge < -0.3 is 5.32 Å². The van der Waals surface area contributed by atoms with E-state index in [1.165, 1.54) is 34.1 Å². The Bertz CT molecular complexity index is 1150. The monoisotopic (exact) mass is 469 g/mol. The number of rotatable bonds is 6. The van der Waals surface area contributed by atoms with E-state index in [-0.39, 0.29) is 18.0 Å². The minimum atomic E-state index is -0.434. The van der Waals surface area contributed by atoms with Crippen molar-refractivity contribution < 1.29 is 18.8 Å². The van der Waals surface area contributed by atoms with E-state index in [1.54, 1.807) is 24.3 Å². The number of hydrogen-bond donors (Lipinski definition) is 1. The number of nitrogens with one attached hydrogen (secondary N) is 1. The highest BCUT2D eigenvalue weighted by Crippen LogP contribution is 2.44. The highest BCUT2D eigenvalue weighted by atomic mass is 32.2. The standard InChI is InChI=1S/C23H20FN3O3S2/c1-2-3-12-26-22(30)20(32-23(26)31)19-16-6-4-5-7-17(16)27(21(19)29)13-18(28)25-15-10-8-14(24)9-11-15/h4-11H,2-3,12-13H2,1H3,(H,25,28)/b20-19-. The quantitative estimate of drug-likeness (QED) is 0.508. The summed E-state index contributed by atoms with van der Waals surface area (Å²) in [7, 11) is 0. The van der Waals surface area contributed by atoms with E-state index in [0.29, 0.717) is 32.7 Å². The maximum absolute atomic E-state index is 13.4. The molecular weight excluding hydrogens is 449 g/mol. The number of amides is 3. The van der Waals surface area contributed by atoms with Gasteiger partial charge in [-0.15, -0.1) is 0 Å². The fraction of sp³-hybridized carbons (Fsp3) is 0.217. The van der Waals surface area contributed by atoms with Gasteiger partial charge in [0, 0.05) is 17.8 Å². The van der Waals surface area contributed by atoms with E-state index in [4.69, 9.17) is 12.2 Å². The van der Waals surface area contributed by atoms with Gasteiger partial charge in [0.2, 0.25) is 5.91 Å². The van der Waals surface area contributed by atoms with Gasteiger partial charge in [-0.25, -0.2) is 4.39 Å². The summed E-state index contributed by atoms with van der Waals surface area (Å²) in [6.07, 6.45) is 1.73. The Balaban J connectivity index is 1.62. The third-order valence-electron chi connectivity index (χ3n) is 5.16. The maximum atomic E-state index is 13.4. The molecule has 0 aromatic heterocycles. The van der Waals surface area contributed by atoms with E-state index < -0.39 is 17.6 Å². The summed E-state index contributed by atoms with van der Waals surface area (Å²) in [5.41, 5.74) is 1.85. The van der Waals surface area contributed by atoms with Crippen LogP contribution < -0.4 is 10.2 Å². The Morgan fingerprint density at radius 3 is 2.50 bits per heavy atom. The molecule has 0 aliphatic carbocycles. The lowest BCUT2D eigenvalue weighted by atomic mass is 10.1. The smallest absolute Gasteiger partial charge is 0.267 e. The van der Waals surface area contributed by atoms with Crippen molar-refractivity contribution in [2.45, 2.75) is 19.8 Å². The van der Waals surface area contributed by atoms with Crippen molar-refractivity contribution in [3.8, 4) is 0 Å². The van der Waals surface area contributed by atoms with Crippen LogP contribution in [0.4, 0.5) is 15.8 Å². The molecule has 164 valence electrons. The zero-order valence-corrected chi connectivity index (χ0v) is 18.9. The third-order valence-corrected chi connectivity index (χ3v) is 6.61. The van der Waals surface area contributed by atoms with Crippen LogP contribution in [0, 0.1) is 5.82 Å². The number of nitrogens with zero attached hydrogens (tertiary/aromatic N) is 2. The summed E-state index contributed by atoms with van der Waals surface area (Å²) < 4.78 is 13.5. The lowest BCUT2D eigenvalue weighted by Crippen LogP contribution is -2.35. The molecule has 1 saturated heterocycles. The number of unbranched alkanes of at least 4 members (excludes halogenated alkanes) is 1. The topological polar surface area (TPSA) is 69.7 Å². The minimum absolute atomic E-state index is 0.243. The fourth-order valence-electron chi connectivity index (χ4n) is 3.59. The molecule has 0 bridgehead atoms. The molecule has 2 aromatic carbocycles. The summed E-state index contributed by atoms with van der Waals surface area (Å²) >= 11 is 6.51. The zero-order chi connectivity index (χ0) is 22.8. The molecule has 1 fully saturated rings. The fourth-order valence-corrected chi connectivity index (χ4v) is 4.97. The summed E-state index contributed by atoms with van der Waals surface area (Å²) in [5.74, 6) is -1.54. The van der Waals surface area contributed by atoms with Gasteiger partial charge in [-0.05, 0) is 36.8 Å². The molecule has 0 spiro atoms. The Hall–Kier alpha value is -3.04. The lowest BCUT2D eigenvalue weighted by Gasteiger charge is -2.16. The number of para-hydroxylation sites is 1. The van der Waals surface area contributed by atoms with Gasteiger partial charge in [-0.3, -0.25) is 24.2 Å². The van der Waals surface area contributed by atoms with Crippen molar-refractivity contribution in [2.75, 3.05) is 23.3 Å². The average molecular weight is 470 g/mol.